The third kappa shape index (κ3) is 3.82. The minimum Gasteiger partial charge on any atom is -0.316 e. The third-order valence-electron chi connectivity index (χ3n) is 1.35. The van der Waals surface area contributed by atoms with E-state index in [1.165, 1.54) is 19.5 Å². The smallest absolute Gasteiger partial charge is 0.0181 e. The van der Waals surface area contributed by atoms with Crippen LogP contribution in [-0.4, -0.2) is 24.6 Å². The first-order chi connectivity index (χ1) is 4.43. The fraction of sp³-hybridized carbons (Fsp3) is 1.00. The van der Waals surface area contributed by atoms with Gasteiger partial charge in [-0.2, -0.15) is 11.8 Å². The molecule has 1 heterocycles. The fourth-order valence-electron chi connectivity index (χ4n) is 0.829. The van der Waals surface area contributed by atoms with Crippen LogP contribution in [0.1, 0.15) is 20.3 Å². The summed E-state index contributed by atoms with van der Waals surface area (Å²) in [6.07, 6.45) is 3.54. The first-order valence-corrected chi connectivity index (χ1v) is 4.96. The molecule has 0 radical (unpaired) electrons. The van der Waals surface area contributed by atoms with Gasteiger partial charge in [0.2, 0.25) is 0 Å². The SMILES string of the molecule is CC.CS[C@H]1CCNC1. The summed E-state index contributed by atoms with van der Waals surface area (Å²) in [5, 5.41) is 4.21. The molecular weight excluding hydrogens is 130 g/mol. The maximum Gasteiger partial charge on any atom is 0.0181 e. The number of nitrogens with one attached hydrogen (secondary N) is 1. The molecule has 0 aromatic carbocycles. The molecule has 56 valence electrons. The minimum absolute atomic E-state index is 0.903. The molecule has 1 fully saturated rings. The van der Waals surface area contributed by atoms with Crippen molar-refractivity contribution >= 4 is 11.8 Å². The van der Waals surface area contributed by atoms with Crippen molar-refractivity contribution < 1.29 is 0 Å². The average molecular weight is 147 g/mol. The second-order valence-corrected chi connectivity index (χ2v) is 2.99. The normalized spacial score (nSPS) is 25.0. The van der Waals surface area contributed by atoms with E-state index in [0.29, 0.717) is 0 Å². The first-order valence-electron chi connectivity index (χ1n) is 3.67. The predicted octanol–water partition coefficient (Wildman–Crippen LogP) is 1.74. The molecule has 1 aliphatic rings. The zero-order valence-electron chi connectivity index (χ0n) is 6.61. The van der Waals surface area contributed by atoms with Crippen LogP contribution in [0.25, 0.3) is 0 Å². The number of hydrogen-bond donors (Lipinski definition) is 1. The van der Waals surface area contributed by atoms with E-state index < -0.39 is 0 Å². The Hall–Kier alpha value is 0.310. The van der Waals surface area contributed by atoms with Gasteiger partial charge in [-0.05, 0) is 19.2 Å². The lowest BCUT2D eigenvalue weighted by Gasteiger charge is -1.98. The lowest BCUT2D eigenvalue weighted by atomic mass is 10.4. The molecule has 0 aromatic rings. The van der Waals surface area contributed by atoms with Crippen LogP contribution in [0.2, 0.25) is 0 Å². The van der Waals surface area contributed by atoms with Crippen LogP contribution in [0.15, 0.2) is 0 Å². The fourth-order valence-corrected chi connectivity index (χ4v) is 1.47. The highest BCUT2D eigenvalue weighted by molar-refractivity contribution is 7.99. The summed E-state index contributed by atoms with van der Waals surface area (Å²) in [5.41, 5.74) is 0. The van der Waals surface area contributed by atoms with Crippen molar-refractivity contribution in [1.82, 2.24) is 5.32 Å². The molecule has 1 aliphatic heterocycles. The summed E-state index contributed by atoms with van der Waals surface area (Å²) in [6.45, 7) is 6.45. The van der Waals surface area contributed by atoms with Gasteiger partial charge >= 0.3 is 0 Å². The molecule has 1 atom stereocenters. The molecule has 0 amide bonds. The largest absolute Gasteiger partial charge is 0.316 e. The molecule has 1 saturated heterocycles. The van der Waals surface area contributed by atoms with Crippen LogP contribution >= 0.6 is 11.8 Å². The molecule has 0 aromatic heterocycles. The maximum absolute atomic E-state index is 3.30. The molecule has 0 aliphatic carbocycles. The Balaban J connectivity index is 0.000000291. The van der Waals surface area contributed by atoms with Gasteiger partial charge in [-0.25, -0.2) is 0 Å². The molecule has 0 unspecified atom stereocenters. The van der Waals surface area contributed by atoms with Gasteiger partial charge in [0.1, 0.15) is 0 Å². The molecule has 1 nitrogen and oxygen atoms in total. The van der Waals surface area contributed by atoms with Gasteiger partial charge in [0.05, 0.1) is 0 Å². The van der Waals surface area contributed by atoms with Gasteiger partial charge in [-0.1, -0.05) is 13.8 Å². The molecule has 1 N–H and O–H groups in total. The Morgan fingerprint density at radius 2 is 2.11 bits per heavy atom. The van der Waals surface area contributed by atoms with E-state index in [-0.39, 0.29) is 0 Å². The van der Waals surface area contributed by atoms with E-state index in [2.05, 4.69) is 11.6 Å². The van der Waals surface area contributed by atoms with E-state index in [1.807, 2.05) is 25.6 Å². The third-order valence-corrected chi connectivity index (χ3v) is 2.42. The summed E-state index contributed by atoms with van der Waals surface area (Å²) in [5.74, 6) is 0. The number of hydrogen-bond acceptors (Lipinski definition) is 2. The first kappa shape index (κ1) is 9.31. The van der Waals surface area contributed by atoms with Crippen LogP contribution in [-0.2, 0) is 0 Å². The Labute approximate surface area is 62.6 Å². The Bertz CT molecular complexity index is 50.9. The second-order valence-electron chi connectivity index (χ2n) is 1.85. The Morgan fingerprint density at radius 3 is 2.33 bits per heavy atom. The summed E-state index contributed by atoms with van der Waals surface area (Å²) in [6, 6.07) is 0. The quantitative estimate of drug-likeness (QED) is 0.606. The molecule has 9 heavy (non-hydrogen) atoms. The number of rotatable bonds is 1. The van der Waals surface area contributed by atoms with Gasteiger partial charge in [0.25, 0.3) is 0 Å². The van der Waals surface area contributed by atoms with E-state index in [4.69, 9.17) is 0 Å². The summed E-state index contributed by atoms with van der Waals surface area (Å²) >= 11 is 1.97. The molecule has 0 spiro atoms. The van der Waals surface area contributed by atoms with E-state index >= 15 is 0 Å². The molecule has 0 bridgehead atoms. The molecular formula is C7H17NS. The maximum atomic E-state index is 3.30. The van der Waals surface area contributed by atoms with E-state index in [0.717, 1.165) is 5.25 Å². The highest BCUT2D eigenvalue weighted by Crippen LogP contribution is 2.12. The van der Waals surface area contributed by atoms with Crippen LogP contribution in [0.5, 0.6) is 0 Å². The summed E-state index contributed by atoms with van der Waals surface area (Å²) < 4.78 is 0. The highest BCUT2D eigenvalue weighted by atomic mass is 32.2. The van der Waals surface area contributed by atoms with Crippen molar-refractivity contribution in [3.05, 3.63) is 0 Å². The van der Waals surface area contributed by atoms with Crippen LogP contribution in [0.4, 0.5) is 0 Å². The van der Waals surface area contributed by atoms with Crippen LogP contribution in [0.3, 0.4) is 0 Å². The lowest BCUT2D eigenvalue weighted by molar-refractivity contribution is 0.858. The highest BCUT2D eigenvalue weighted by Gasteiger charge is 2.10. The van der Waals surface area contributed by atoms with Crippen molar-refractivity contribution in [1.29, 1.82) is 0 Å². The molecule has 1 rings (SSSR count). The zero-order valence-corrected chi connectivity index (χ0v) is 7.42. The van der Waals surface area contributed by atoms with Gasteiger partial charge in [-0.15, -0.1) is 0 Å². The van der Waals surface area contributed by atoms with Crippen molar-refractivity contribution in [3.63, 3.8) is 0 Å². The van der Waals surface area contributed by atoms with Crippen LogP contribution < -0.4 is 5.32 Å². The zero-order chi connectivity index (χ0) is 7.11. The topological polar surface area (TPSA) is 12.0 Å². The number of thioether (sulfide) groups is 1. The second kappa shape index (κ2) is 6.43. The van der Waals surface area contributed by atoms with Crippen molar-refractivity contribution in [2.24, 2.45) is 0 Å². The van der Waals surface area contributed by atoms with Crippen molar-refractivity contribution in [2.45, 2.75) is 25.5 Å². The van der Waals surface area contributed by atoms with Gasteiger partial charge in [0.15, 0.2) is 0 Å². The predicted molar refractivity (Wildman–Crippen MR) is 46.1 cm³/mol. The van der Waals surface area contributed by atoms with E-state index in [9.17, 15) is 0 Å². The molecule has 2 heteroatoms. The minimum atomic E-state index is 0.903. The van der Waals surface area contributed by atoms with Crippen LogP contribution in [0, 0.1) is 0 Å². The summed E-state index contributed by atoms with van der Waals surface area (Å²) in [4.78, 5) is 0. The van der Waals surface area contributed by atoms with Crippen molar-refractivity contribution in [2.75, 3.05) is 19.3 Å². The Kier molecular flexibility index (Phi) is 6.65. The summed E-state index contributed by atoms with van der Waals surface area (Å²) in [7, 11) is 0. The van der Waals surface area contributed by atoms with Gasteiger partial charge < -0.3 is 5.32 Å². The van der Waals surface area contributed by atoms with E-state index in [1.54, 1.807) is 0 Å². The molecule has 0 saturated carbocycles. The van der Waals surface area contributed by atoms with Gasteiger partial charge in [-0.3, -0.25) is 0 Å². The average Bonchev–Trinajstić information content (AvgIpc) is 2.43. The standard InChI is InChI=1S/C5H11NS.C2H6/c1-7-5-2-3-6-4-5;1-2/h5-6H,2-4H2,1H3;1-2H3/t5-;/m0./s1. The van der Waals surface area contributed by atoms with Crippen molar-refractivity contribution in [3.8, 4) is 0 Å². The monoisotopic (exact) mass is 147 g/mol. The Morgan fingerprint density at radius 1 is 1.44 bits per heavy atom. The van der Waals surface area contributed by atoms with Gasteiger partial charge in [0, 0.05) is 11.8 Å². The lowest BCUT2D eigenvalue weighted by Crippen LogP contribution is -2.09.